The first-order valence-corrected chi connectivity index (χ1v) is 10.9. The summed E-state index contributed by atoms with van der Waals surface area (Å²) in [5.74, 6) is 2.08. The number of imidazole rings is 1. The number of carbonyl (C=O) groups is 1. The lowest BCUT2D eigenvalue weighted by Crippen LogP contribution is -2.36. The van der Waals surface area contributed by atoms with Crippen LogP contribution in [0.3, 0.4) is 0 Å². The summed E-state index contributed by atoms with van der Waals surface area (Å²) in [5.41, 5.74) is 1.24. The number of carbonyl (C=O) groups excluding carboxylic acids is 1. The van der Waals surface area contributed by atoms with Gasteiger partial charge in [-0.3, -0.25) is 9.55 Å². The van der Waals surface area contributed by atoms with E-state index in [1.165, 1.54) is 0 Å². The van der Waals surface area contributed by atoms with Crippen LogP contribution in [0.5, 0.6) is 5.75 Å². The Morgan fingerprint density at radius 1 is 1.25 bits per heavy atom. The molecule has 0 aliphatic carbocycles. The summed E-state index contributed by atoms with van der Waals surface area (Å²) in [4.78, 5) is 27.6. The van der Waals surface area contributed by atoms with Crippen LogP contribution in [-0.4, -0.2) is 61.3 Å². The molecule has 1 atom stereocenters. The number of fused-ring (bicyclic) bond motifs is 1. The van der Waals surface area contributed by atoms with Gasteiger partial charge in [0.2, 0.25) is 0 Å². The van der Waals surface area contributed by atoms with E-state index in [-0.39, 0.29) is 18.2 Å². The molecular weight excluding hydrogens is 408 g/mol. The SMILES string of the molecule is CC(C)Oc1ccc2ncn(-c3cncc(NC4CCN(C(=O)OC(C)(C)C)C4)n3)c2c1. The fourth-order valence-corrected chi connectivity index (χ4v) is 3.64. The molecule has 4 rings (SSSR count). The van der Waals surface area contributed by atoms with E-state index in [1.807, 2.05) is 57.4 Å². The maximum Gasteiger partial charge on any atom is 0.410 e. The molecule has 0 bridgehead atoms. The highest BCUT2D eigenvalue weighted by atomic mass is 16.6. The first-order valence-electron chi connectivity index (χ1n) is 10.9. The van der Waals surface area contributed by atoms with Crippen LogP contribution in [0.2, 0.25) is 0 Å². The Morgan fingerprint density at radius 3 is 2.81 bits per heavy atom. The first kappa shape index (κ1) is 21.9. The third kappa shape index (κ3) is 5.09. The molecule has 170 valence electrons. The molecule has 1 unspecified atom stereocenters. The van der Waals surface area contributed by atoms with Crippen molar-refractivity contribution >= 4 is 22.9 Å². The van der Waals surface area contributed by atoms with Crippen LogP contribution in [0.15, 0.2) is 36.9 Å². The van der Waals surface area contributed by atoms with Gasteiger partial charge in [0.1, 0.15) is 23.5 Å². The lowest BCUT2D eigenvalue weighted by Gasteiger charge is -2.24. The lowest BCUT2D eigenvalue weighted by atomic mass is 10.2. The number of amides is 1. The summed E-state index contributed by atoms with van der Waals surface area (Å²) in [7, 11) is 0. The molecule has 1 amide bonds. The van der Waals surface area contributed by atoms with Crippen molar-refractivity contribution in [3.63, 3.8) is 0 Å². The number of nitrogens with zero attached hydrogens (tertiary/aromatic N) is 5. The Morgan fingerprint density at radius 2 is 2.06 bits per heavy atom. The summed E-state index contributed by atoms with van der Waals surface area (Å²) in [6.07, 6.45) is 5.73. The minimum Gasteiger partial charge on any atom is -0.491 e. The minimum atomic E-state index is -0.504. The first-order chi connectivity index (χ1) is 15.2. The predicted octanol–water partition coefficient (Wildman–Crippen LogP) is 4.02. The topological polar surface area (TPSA) is 94.4 Å². The van der Waals surface area contributed by atoms with Gasteiger partial charge in [-0.2, -0.15) is 0 Å². The zero-order valence-electron chi connectivity index (χ0n) is 19.2. The van der Waals surface area contributed by atoms with Gasteiger partial charge in [0.15, 0.2) is 5.82 Å². The average molecular weight is 439 g/mol. The van der Waals surface area contributed by atoms with E-state index in [4.69, 9.17) is 14.5 Å². The van der Waals surface area contributed by atoms with Crippen molar-refractivity contribution in [2.24, 2.45) is 0 Å². The van der Waals surface area contributed by atoms with Crippen molar-refractivity contribution in [3.05, 3.63) is 36.9 Å². The largest absolute Gasteiger partial charge is 0.491 e. The quantitative estimate of drug-likeness (QED) is 0.643. The van der Waals surface area contributed by atoms with Crippen molar-refractivity contribution in [1.29, 1.82) is 0 Å². The van der Waals surface area contributed by atoms with Crippen LogP contribution in [0, 0.1) is 0 Å². The van der Waals surface area contributed by atoms with Gasteiger partial charge in [0.05, 0.1) is 29.5 Å². The molecule has 1 fully saturated rings. The van der Waals surface area contributed by atoms with E-state index >= 15 is 0 Å². The molecule has 0 saturated carbocycles. The van der Waals surface area contributed by atoms with Crippen LogP contribution in [0.4, 0.5) is 10.6 Å². The molecule has 2 aromatic heterocycles. The molecule has 1 aliphatic rings. The summed E-state index contributed by atoms with van der Waals surface area (Å²) in [5, 5.41) is 3.39. The highest BCUT2D eigenvalue weighted by molar-refractivity contribution is 5.78. The van der Waals surface area contributed by atoms with Gasteiger partial charge >= 0.3 is 6.09 Å². The zero-order chi connectivity index (χ0) is 22.9. The fourth-order valence-electron chi connectivity index (χ4n) is 3.64. The molecule has 3 aromatic rings. The predicted molar refractivity (Wildman–Crippen MR) is 122 cm³/mol. The number of benzene rings is 1. The van der Waals surface area contributed by atoms with Crippen molar-refractivity contribution in [3.8, 4) is 11.6 Å². The number of likely N-dealkylation sites (tertiary alicyclic amines) is 1. The number of aromatic nitrogens is 4. The highest BCUT2D eigenvalue weighted by Gasteiger charge is 2.30. The summed E-state index contributed by atoms with van der Waals surface area (Å²) < 4.78 is 13.2. The molecule has 1 saturated heterocycles. The third-order valence-electron chi connectivity index (χ3n) is 4.95. The van der Waals surface area contributed by atoms with Crippen molar-refractivity contribution < 1.29 is 14.3 Å². The summed E-state index contributed by atoms with van der Waals surface area (Å²) >= 11 is 0. The molecule has 32 heavy (non-hydrogen) atoms. The van der Waals surface area contributed by atoms with Gasteiger partial charge in [-0.15, -0.1) is 0 Å². The van der Waals surface area contributed by atoms with Crippen LogP contribution < -0.4 is 10.1 Å². The standard InChI is InChI=1S/C23H30N6O3/c1-15(2)31-17-6-7-18-19(10-17)29(14-25-18)21-12-24-11-20(27-21)26-16-8-9-28(13-16)22(30)32-23(3,4)5/h6-7,10-12,14-16H,8-9,13H2,1-5H3,(H,26,27). The Balaban J connectivity index is 1.48. The highest BCUT2D eigenvalue weighted by Crippen LogP contribution is 2.24. The molecule has 3 heterocycles. The lowest BCUT2D eigenvalue weighted by molar-refractivity contribution is 0.0293. The molecule has 9 nitrogen and oxygen atoms in total. The van der Waals surface area contributed by atoms with Gasteiger partial charge < -0.3 is 19.7 Å². The molecule has 1 aliphatic heterocycles. The van der Waals surface area contributed by atoms with Gasteiger partial charge in [0.25, 0.3) is 0 Å². The van der Waals surface area contributed by atoms with E-state index in [0.29, 0.717) is 24.7 Å². The maximum absolute atomic E-state index is 12.3. The number of rotatable bonds is 5. The van der Waals surface area contributed by atoms with E-state index < -0.39 is 5.60 Å². The Bertz CT molecular complexity index is 1100. The number of anilines is 1. The van der Waals surface area contributed by atoms with Crippen molar-refractivity contribution in [2.75, 3.05) is 18.4 Å². The van der Waals surface area contributed by atoms with E-state index in [9.17, 15) is 4.79 Å². The molecule has 1 aromatic carbocycles. The summed E-state index contributed by atoms with van der Waals surface area (Å²) in [6.45, 7) is 10.8. The van der Waals surface area contributed by atoms with E-state index in [0.717, 1.165) is 23.2 Å². The Hall–Kier alpha value is -3.36. The molecule has 9 heteroatoms. The number of nitrogens with one attached hydrogen (secondary N) is 1. The second-order valence-corrected chi connectivity index (χ2v) is 9.25. The Labute approximate surface area is 187 Å². The molecule has 1 N–H and O–H groups in total. The Kier molecular flexibility index (Phi) is 5.90. The fraction of sp³-hybridized carbons (Fsp3) is 0.478. The molecular formula is C23H30N6O3. The number of hydrogen-bond acceptors (Lipinski definition) is 7. The molecule has 0 radical (unpaired) electrons. The minimum absolute atomic E-state index is 0.0812. The smallest absolute Gasteiger partial charge is 0.410 e. The van der Waals surface area contributed by atoms with Crippen LogP contribution in [0.25, 0.3) is 16.9 Å². The number of hydrogen-bond donors (Lipinski definition) is 1. The summed E-state index contributed by atoms with van der Waals surface area (Å²) in [6, 6.07) is 5.89. The third-order valence-corrected chi connectivity index (χ3v) is 4.95. The van der Waals surface area contributed by atoms with Crippen LogP contribution >= 0.6 is 0 Å². The van der Waals surface area contributed by atoms with Crippen LogP contribution in [-0.2, 0) is 4.74 Å². The van der Waals surface area contributed by atoms with E-state index in [2.05, 4.69) is 15.3 Å². The maximum atomic E-state index is 12.3. The van der Waals surface area contributed by atoms with Gasteiger partial charge in [-0.1, -0.05) is 0 Å². The number of ether oxygens (including phenoxy) is 2. The van der Waals surface area contributed by atoms with Crippen LogP contribution in [0.1, 0.15) is 41.0 Å². The van der Waals surface area contributed by atoms with Gasteiger partial charge in [-0.25, -0.2) is 14.8 Å². The average Bonchev–Trinajstić information content (AvgIpc) is 3.33. The van der Waals surface area contributed by atoms with Gasteiger partial charge in [-0.05, 0) is 53.2 Å². The van der Waals surface area contributed by atoms with Crippen molar-refractivity contribution in [1.82, 2.24) is 24.4 Å². The normalized spacial score (nSPS) is 16.6. The van der Waals surface area contributed by atoms with Crippen molar-refractivity contribution in [2.45, 2.75) is 58.8 Å². The second-order valence-electron chi connectivity index (χ2n) is 9.25. The monoisotopic (exact) mass is 438 g/mol. The molecule has 0 spiro atoms. The van der Waals surface area contributed by atoms with Gasteiger partial charge in [0, 0.05) is 25.2 Å². The van der Waals surface area contributed by atoms with E-state index in [1.54, 1.807) is 23.6 Å². The second kappa shape index (κ2) is 8.64. The zero-order valence-corrected chi connectivity index (χ0v) is 19.2.